The van der Waals surface area contributed by atoms with Crippen LogP contribution in [-0.2, 0) is 5.75 Å². The van der Waals surface area contributed by atoms with Crippen LogP contribution in [0.4, 0.5) is 5.82 Å². The summed E-state index contributed by atoms with van der Waals surface area (Å²) in [6, 6.07) is 13.4. The van der Waals surface area contributed by atoms with Gasteiger partial charge in [-0.3, -0.25) is 0 Å². The van der Waals surface area contributed by atoms with Gasteiger partial charge in [-0.25, -0.2) is 9.97 Å². The third-order valence-corrected chi connectivity index (χ3v) is 5.17. The van der Waals surface area contributed by atoms with E-state index < -0.39 is 0 Å². The van der Waals surface area contributed by atoms with Crippen molar-refractivity contribution < 1.29 is 0 Å². The summed E-state index contributed by atoms with van der Waals surface area (Å²) in [6.45, 7) is 1.16. The van der Waals surface area contributed by atoms with Gasteiger partial charge in [-0.05, 0) is 24.3 Å². The summed E-state index contributed by atoms with van der Waals surface area (Å²) < 4.78 is 0. The van der Waals surface area contributed by atoms with Crippen molar-refractivity contribution >= 4 is 17.6 Å². The molecule has 2 heterocycles. The predicted octanol–water partition coefficient (Wildman–Crippen LogP) is 3.37. The molecule has 1 aliphatic heterocycles. The van der Waals surface area contributed by atoms with Gasteiger partial charge in [-0.1, -0.05) is 30.3 Å². The largest absolute Gasteiger partial charge is 0.353 e. The van der Waals surface area contributed by atoms with Crippen LogP contribution in [0.3, 0.4) is 0 Å². The van der Waals surface area contributed by atoms with Crippen LogP contribution in [0.15, 0.2) is 47.8 Å². The van der Waals surface area contributed by atoms with Gasteiger partial charge in [-0.15, -0.1) is 11.8 Å². The molecule has 0 radical (unpaired) electrons. The molecule has 2 aliphatic rings. The maximum absolute atomic E-state index is 4.45. The standard InChI is InChI=1S/C16H17N3S/c1-2-4-12(5-3-1)10-20-16-9-15(17-11-18-16)19-7-6-13-8-14(13)19/h1-5,9,11,13-14H,6-8,10H2. The number of nitrogens with zero attached hydrogens (tertiary/aromatic N) is 3. The molecule has 1 aromatic heterocycles. The normalized spacial score (nSPS) is 23.7. The van der Waals surface area contributed by atoms with E-state index >= 15 is 0 Å². The van der Waals surface area contributed by atoms with Crippen LogP contribution in [0.2, 0.25) is 0 Å². The van der Waals surface area contributed by atoms with Gasteiger partial charge in [0.15, 0.2) is 0 Å². The number of aromatic nitrogens is 2. The average molecular weight is 283 g/mol. The molecular weight excluding hydrogens is 266 g/mol. The van der Waals surface area contributed by atoms with E-state index in [1.54, 1.807) is 18.1 Å². The maximum Gasteiger partial charge on any atom is 0.133 e. The summed E-state index contributed by atoms with van der Waals surface area (Å²) in [5.41, 5.74) is 1.33. The lowest BCUT2D eigenvalue weighted by Crippen LogP contribution is -2.23. The molecule has 20 heavy (non-hydrogen) atoms. The summed E-state index contributed by atoms with van der Waals surface area (Å²) in [7, 11) is 0. The van der Waals surface area contributed by atoms with Crippen LogP contribution in [0.5, 0.6) is 0 Å². The third-order valence-electron chi connectivity index (χ3n) is 4.18. The number of piperidine rings is 1. The number of anilines is 1. The Morgan fingerprint density at radius 1 is 1.20 bits per heavy atom. The Balaban J connectivity index is 1.46. The van der Waals surface area contributed by atoms with Gasteiger partial charge in [0.2, 0.25) is 0 Å². The van der Waals surface area contributed by atoms with E-state index in [-0.39, 0.29) is 0 Å². The zero-order valence-electron chi connectivity index (χ0n) is 11.3. The molecule has 1 aliphatic carbocycles. The zero-order chi connectivity index (χ0) is 13.4. The summed E-state index contributed by atoms with van der Waals surface area (Å²) in [4.78, 5) is 11.3. The summed E-state index contributed by atoms with van der Waals surface area (Å²) in [6.07, 6.45) is 4.40. The van der Waals surface area contributed by atoms with Gasteiger partial charge in [0.05, 0.1) is 0 Å². The smallest absolute Gasteiger partial charge is 0.133 e. The predicted molar refractivity (Wildman–Crippen MR) is 81.9 cm³/mol. The van der Waals surface area contributed by atoms with Gasteiger partial charge >= 0.3 is 0 Å². The average Bonchev–Trinajstić information content (AvgIpc) is 3.17. The van der Waals surface area contributed by atoms with E-state index in [0.717, 1.165) is 35.1 Å². The van der Waals surface area contributed by atoms with Crippen molar-refractivity contribution in [1.29, 1.82) is 0 Å². The first-order chi connectivity index (χ1) is 9.90. The maximum atomic E-state index is 4.45. The lowest BCUT2D eigenvalue weighted by molar-refractivity contribution is 0.788. The Hall–Kier alpha value is -1.55. The minimum absolute atomic E-state index is 0.761. The highest BCUT2D eigenvalue weighted by atomic mass is 32.2. The first kappa shape index (κ1) is 12.2. The summed E-state index contributed by atoms with van der Waals surface area (Å²) >= 11 is 1.78. The van der Waals surface area contributed by atoms with Gasteiger partial charge in [0, 0.05) is 24.4 Å². The topological polar surface area (TPSA) is 29.0 Å². The summed E-state index contributed by atoms with van der Waals surface area (Å²) in [5, 5.41) is 1.07. The van der Waals surface area contributed by atoms with Gasteiger partial charge in [0.25, 0.3) is 0 Å². The Morgan fingerprint density at radius 3 is 2.85 bits per heavy atom. The lowest BCUT2D eigenvalue weighted by Gasteiger charge is -2.19. The highest BCUT2D eigenvalue weighted by Crippen LogP contribution is 2.46. The molecular formula is C16H17N3S. The fourth-order valence-electron chi connectivity index (χ4n) is 2.98. The van der Waals surface area contributed by atoms with Crippen molar-refractivity contribution in [3.8, 4) is 0 Å². The van der Waals surface area contributed by atoms with Crippen LogP contribution >= 0.6 is 11.8 Å². The van der Waals surface area contributed by atoms with E-state index in [1.807, 2.05) is 0 Å². The van der Waals surface area contributed by atoms with E-state index in [4.69, 9.17) is 0 Å². The number of rotatable bonds is 4. The second kappa shape index (κ2) is 5.09. The van der Waals surface area contributed by atoms with Crippen LogP contribution < -0.4 is 4.90 Å². The first-order valence-corrected chi connectivity index (χ1v) is 8.14. The summed E-state index contributed by atoms with van der Waals surface area (Å²) in [5.74, 6) is 3.01. The fraction of sp³-hybridized carbons (Fsp3) is 0.375. The van der Waals surface area contributed by atoms with E-state index in [9.17, 15) is 0 Å². The van der Waals surface area contributed by atoms with E-state index in [1.165, 1.54) is 18.4 Å². The van der Waals surface area contributed by atoms with Crippen LogP contribution in [0.1, 0.15) is 18.4 Å². The molecule has 1 saturated carbocycles. The Labute approximate surface area is 123 Å². The molecule has 0 spiro atoms. The van der Waals surface area contributed by atoms with E-state index in [0.29, 0.717) is 0 Å². The first-order valence-electron chi connectivity index (χ1n) is 7.15. The Kier molecular flexibility index (Phi) is 3.11. The number of hydrogen-bond acceptors (Lipinski definition) is 4. The van der Waals surface area contributed by atoms with Gasteiger partial charge in [-0.2, -0.15) is 0 Å². The van der Waals surface area contributed by atoms with Crippen molar-refractivity contribution in [2.24, 2.45) is 5.92 Å². The Morgan fingerprint density at radius 2 is 2.10 bits per heavy atom. The molecule has 0 N–H and O–H groups in total. The molecule has 2 fully saturated rings. The van der Waals surface area contributed by atoms with Crippen molar-refractivity contribution in [3.63, 3.8) is 0 Å². The SMILES string of the molecule is c1ccc(CSc2cc(N3CCC4CC43)ncn2)cc1. The van der Waals surface area contributed by atoms with Crippen molar-refractivity contribution in [2.75, 3.05) is 11.4 Å². The molecule has 0 bridgehead atoms. The molecule has 102 valence electrons. The van der Waals surface area contributed by atoms with Gasteiger partial charge < -0.3 is 4.90 Å². The van der Waals surface area contributed by atoms with Crippen molar-refractivity contribution in [3.05, 3.63) is 48.3 Å². The molecule has 4 heteroatoms. The Bertz CT molecular complexity index is 602. The zero-order valence-corrected chi connectivity index (χ0v) is 12.1. The molecule has 2 atom stereocenters. The second-order valence-corrected chi connectivity index (χ2v) is 6.53. The molecule has 0 amide bonds. The van der Waals surface area contributed by atoms with Crippen LogP contribution in [-0.4, -0.2) is 22.6 Å². The van der Waals surface area contributed by atoms with Crippen LogP contribution in [0.25, 0.3) is 0 Å². The number of hydrogen-bond donors (Lipinski definition) is 0. The van der Waals surface area contributed by atoms with Crippen molar-refractivity contribution in [2.45, 2.75) is 29.7 Å². The van der Waals surface area contributed by atoms with Crippen molar-refractivity contribution in [1.82, 2.24) is 9.97 Å². The third kappa shape index (κ3) is 2.40. The molecule has 4 rings (SSSR count). The molecule has 1 saturated heterocycles. The molecule has 3 nitrogen and oxygen atoms in total. The molecule has 1 aromatic carbocycles. The highest BCUT2D eigenvalue weighted by molar-refractivity contribution is 7.98. The lowest BCUT2D eigenvalue weighted by atomic mass is 10.2. The molecule has 2 unspecified atom stereocenters. The second-order valence-electron chi connectivity index (χ2n) is 5.53. The minimum Gasteiger partial charge on any atom is -0.353 e. The quantitative estimate of drug-likeness (QED) is 0.635. The van der Waals surface area contributed by atoms with E-state index in [2.05, 4.69) is 51.3 Å². The number of fused-ring (bicyclic) bond motifs is 1. The monoisotopic (exact) mass is 283 g/mol. The molecule has 2 aromatic rings. The van der Waals surface area contributed by atoms with Crippen LogP contribution in [0, 0.1) is 5.92 Å². The minimum atomic E-state index is 0.761. The number of thioether (sulfide) groups is 1. The highest BCUT2D eigenvalue weighted by Gasteiger charge is 2.47. The van der Waals surface area contributed by atoms with Gasteiger partial charge in [0.1, 0.15) is 17.2 Å². The number of benzene rings is 1. The fourth-order valence-corrected chi connectivity index (χ4v) is 3.79.